The largest absolute Gasteiger partial charge is 0.466 e. The minimum Gasteiger partial charge on any atom is -0.466 e. The van der Waals surface area contributed by atoms with Gasteiger partial charge < -0.3 is 9.47 Å². The van der Waals surface area contributed by atoms with Crippen molar-refractivity contribution in [3.8, 4) is 0 Å². The minimum atomic E-state index is -1.46. The lowest BCUT2D eigenvalue weighted by atomic mass is 9.98. The highest BCUT2D eigenvalue weighted by atomic mass is 127. The molecule has 0 bridgehead atoms. The van der Waals surface area contributed by atoms with E-state index < -0.39 is 21.2 Å². The molecule has 0 aliphatic carbocycles. The summed E-state index contributed by atoms with van der Waals surface area (Å²) in [6.45, 7) is 5.30. The standard InChI is InChI=1S/C17H20INO5/c1-16(2,3)24-15(22)19-10-9-13(20)11-7-5-6-8-12(11)17(19,18)14(21)23-4/h5-8H,9-10H2,1-4H3. The van der Waals surface area contributed by atoms with Gasteiger partial charge in [-0.1, -0.05) is 24.3 Å². The number of halogens is 1. The smallest absolute Gasteiger partial charge is 0.412 e. The highest BCUT2D eigenvalue weighted by Crippen LogP contribution is 2.42. The van der Waals surface area contributed by atoms with Gasteiger partial charge in [-0.3, -0.25) is 9.69 Å². The number of carbonyl (C=O) groups is 3. The third kappa shape index (κ3) is 3.40. The lowest BCUT2D eigenvalue weighted by Gasteiger charge is -2.37. The van der Waals surface area contributed by atoms with Crippen molar-refractivity contribution in [2.45, 2.75) is 36.3 Å². The Bertz CT molecular complexity index is 682. The molecule has 6 nitrogen and oxygen atoms in total. The normalized spacial score (nSPS) is 20.9. The Morgan fingerprint density at radius 3 is 2.46 bits per heavy atom. The number of methoxy groups -OCH3 is 1. The molecule has 1 aliphatic rings. The molecule has 1 atom stereocenters. The number of benzene rings is 1. The number of carbonyl (C=O) groups excluding carboxylic acids is 3. The van der Waals surface area contributed by atoms with Crippen LogP contribution in [0, 0.1) is 0 Å². The number of hydrogen-bond acceptors (Lipinski definition) is 5. The topological polar surface area (TPSA) is 72.9 Å². The predicted octanol–water partition coefficient (Wildman–Crippen LogP) is 3.27. The van der Waals surface area contributed by atoms with Gasteiger partial charge in [-0.05, 0) is 43.4 Å². The average Bonchev–Trinajstić information content (AvgIpc) is 2.62. The van der Waals surface area contributed by atoms with Gasteiger partial charge in [0, 0.05) is 24.1 Å². The van der Waals surface area contributed by atoms with Gasteiger partial charge in [-0.2, -0.15) is 0 Å². The number of ketones is 1. The zero-order valence-electron chi connectivity index (χ0n) is 14.1. The van der Waals surface area contributed by atoms with Gasteiger partial charge in [0.1, 0.15) is 5.60 Å². The third-order valence-corrected chi connectivity index (χ3v) is 5.19. The maximum atomic E-state index is 12.7. The number of fused-ring (bicyclic) bond motifs is 1. The molecule has 1 amide bonds. The summed E-state index contributed by atoms with van der Waals surface area (Å²) in [5.41, 5.74) is 0.134. The molecule has 0 spiro atoms. The first kappa shape index (κ1) is 18.7. The molecule has 0 saturated heterocycles. The Kier molecular flexibility index (Phi) is 5.22. The number of Topliss-reactive ketones (excluding diaryl/α,β-unsaturated/α-hetero) is 1. The Hall–Kier alpha value is -1.64. The van der Waals surface area contributed by atoms with Crippen molar-refractivity contribution in [1.82, 2.24) is 4.90 Å². The fourth-order valence-corrected chi connectivity index (χ4v) is 3.68. The lowest BCUT2D eigenvalue weighted by Crippen LogP contribution is -2.52. The van der Waals surface area contributed by atoms with Crippen LogP contribution in [0.2, 0.25) is 0 Å². The molecule has 0 saturated carbocycles. The van der Waals surface area contributed by atoms with Crippen molar-refractivity contribution in [2.24, 2.45) is 0 Å². The van der Waals surface area contributed by atoms with Crippen molar-refractivity contribution in [1.29, 1.82) is 0 Å². The molecule has 1 heterocycles. The van der Waals surface area contributed by atoms with Crippen molar-refractivity contribution >= 4 is 40.4 Å². The maximum Gasteiger partial charge on any atom is 0.412 e. The fourth-order valence-electron chi connectivity index (χ4n) is 2.55. The van der Waals surface area contributed by atoms with Crippen LogP contribution in [0.5, 0.6) is 0 Å². The van der Waals surface area contributed by atoms with E-state index in [2.05, 4.69) is 0 Å². The average molecular weight is 445 g/mol. The van der Waals surface area contributed by atoms with Crippen molar-refractivity contribution in [2.75, 3.05) is 13.7 Å². The van der Waals surface area contributed by atoms with E-state index in [1.54, 1.807) is 45.0 Å². The van der Waals surface area contributed by atoms with Crippen LogP contribution in [0.1, 0.15) is 43.1 Å². The Labute approximate surface area is 154 Å². The zero-order chi connectivity index (χ0) is 18.1. The summed E-state index contributed by atoms with van der Waals surface area (Å²) >= 11 is 1.87. The molecular weight excluding hydrogens is 425 g/mol. The molecule has 2 rings (SSSR count). The summed E-state index contributed by atoms with van der Waals surface area (Å²) in [6, 6.07) is 6.78. The molecule has 0 radical (unpaired) electrons. The number of alkyl halides is 1. The van der Waals surface area contributed by atoms with E-state index in [1.807, 2.05) is 22.6 Å². The summed E-state index contributed by atoms with van der Waals surface area (Å²) in [7, 11) is 1.26. The van der Waals surface area contributed by atoms with Crippen molar-refractivity contribution in [3.05, 3.63) is 35.4 Å². The molecule has 24 heavy (non-hydrogen) atoms. The molecule has 1 aliphatic heterocycles. The molecule has 1 aromatic carbocycles. The third-order valence-electron chi connectivity index (χ3n) is 3.59. The second kappa shape index (κ2) is 6.70. The highest BCUT2D eigenvalue weighted by molar-refractivity contribution is 14.1. The number of ether oxygens (including phenoxy) is 2. The minimum absolute atomic E-state index is 0.0699. The van der Waals surface area contributed by atoms with Gasteiger partial charge in [0.15, 0.2) is 5.78 Å². The van der Waals surface area contributed by atoms with Crippen molar-refractivity contribution < 1.29 is 23.9 Å². The van der Waals surface area contributed by atoms with Gasteiger partial charge in [0.2, 0.25) is 3.55 Å². The second-order valence-corrected chi connectivity index (χ2v) is 8.03. The molecule has 0 N–H and O–H groups in total. The number of esters is 1. The van der Waals surface area contributed by atoms with E-state index >= 15 is 0 Å². The summed E-state index contributed by atoms with van der Waals surface area (Å²) in [5.74, 6) is -0.752. The van der Waals surface area contributed by atoms with Crippen LogP contribution in [0.25, 0.3) is 0 Å². The quantitative estimate of drug-likeness (QED) is 0.287. The van der Waals surface area contributed by atoms with Gasteiger partial charge in [-0.25, -0.2) is 9.59 Å². The lowest BCUT2D eigenvalue weighted by molar-refractivity contribution is -0.148. The van der Waals surface area contributed by atoms with Gasteiger partial charge in [-0.15, -0.1) is 0 Å². The number of rotatable bonds is 1. The fraction of sp³-hybridized carbons (Fsp3) is 0.471. The van der Waals surface area contributed by atoms with Crippen LogP contribution in [-0.2, 0) is 17.8 Å². The number of nitrogens with zero attached hydrogens (tertiary/aromatic N) is 1. The Balaban J connectivity index is 2.61. The van der Waals surface area contributed by atoms with Crippen LogP contribution < -0.4 is 0 Å². The number of amides is 1. The van der Waals surface area contributed by atoms with Crippen LogP contribution in [0.3, 0.4) is 0 Å². The van der Waals surface area contributed by atoms with Crippen LogP contribution in [0.4, 0.5) is 4.79 Å². The van der Waals surface area contributed by atoms with Gasteiger partial charge >= 0.3 is 12.1 Å². The van der Waals surface area contributed by atoms with E-state index in [0.717, 1.165) is 0 Å². The Morgan fingerprint density at radius 1 is 1.25 bits per heavy atom. The highest BCUT2D eigenvalue weighted by Gasteiger charge is 2.51. The molecule has 1 aromatic rings. The van der Waals surface area contributed by atoms with E-state index in [-0.39, 0.29) is 18.7 Å². The van der Waals surface area contributed by atoms with E-state index in [9.17, 15) is 14.4 Å². The van der Waals surface area contributed by atoms with E-state index in [4.69, 9.17) is 9.47 Å². The monoisotopic (exact) mass is 445 g/mol. The molecule has 0 fully saturated rings. The van der Waals surface area contributed by atoms with E-state index in [1.165, 1.54) is 12.0 Å². The molecule has 7 heteroatoms. The zero-order valence-corrected chi connectivity index (χ0v) is 16.2. The Morgan fingerprint density at radius 2 is 1.88 bits per heavy atom. The number of hydrogen-bond donors (Lipinski definition) is 0. The summed E-state index contributed by atoms with van der Waals surface area (Å²) < 4.78 is 8.92. The molecule has 130 valence electrons. The predicted molar refractivity (Wildman–Crippen MR) is 96.0 cm³/mol. The van der Waals surface area contributed by atoms with Crippen molar-refractivity contribution in [3.63, 3.8) is 0 Å². The molecule has 0 aromatic heterocycles. The maximum absolute atomic E-state index is 12.7. The second-order valence-electron chi connectivity index (χ2n) is 6.46. The summed E-state index contributed by atoms with van der Waals surface area (Å²) in [5, 5.41) is 0. The molecular formula is C17H20INO5. The van der Waals surface area contributed by atoms with Gasteiger partial charge in [0.05, 0.1) is 7.11 Å². The van der Waals surface area contributed by atoms with E-state index in [0.29, 0.717) is 11.1 Å². The summed E-state index contributed by atoms with van der Waals surface area (Å²) in [4.78, 5) is 39.0. The summed E-state index contributed by atoms with van der Waals surface area (Å²) in [6.07, 6.45) is -0.551. The first-order valence-electron chi connectivity index (χ1n) is 7.52. The van der Waals surface area contributed by atoms with Crippen LogP contribution >= 0.6 is 22.6 Å². The SMILES string of the molecule is COC(=O)C1(I)c2ccccc2C(=O)CCN1C(=O)OC(C)(C)C. The first-order valence-corrected chi connectivity index (χ1v) is 8.60. The first-order chi connectivity index (χ1) is 11.1. The van der Waals surface area contributed by atoms with Crippen LogP contribution in [0.15, 0.2) is 24.3 Å². The molecule has 1 unspecified atom stereocenters. The van der Waals surface area contributed by atoms with Crippen LogP contribution in [-0.4, -0.2) is 42.0 Å². The van der Waals surface area contributed by atoms with Gasteiger partial charge in [0.25, 0.3) is 0 Å².